The zero-order chi connectivity index (χ0) is 13.6. The van der Waals surface area contributed by atoms with E-state index in [1.807, 2.05) is 23.3 Å². The molecule has 1 heterocycles. The minimum Gasteiger partial charge on any atom is -0.313 e. The lowest BCUT2D eigenvalue weighted by Crippen LogP contribution is -1.82. The van der Waals surface area contributed by atoms with E-state index < -0.39 is 0 Å². The average Bonchev–Trinajstić information content (AvgIpc) is 2.93. The summed E-state index contributed by atoms with van der Waals surface area (Å²) in [6, 6.07) is 0. The van der Waals surface area contributed by atoms with Crippen molar-refractivity contribution in [3.05, 3.63) is 24.8 Å². The van der Waals surface area contributed by atoms with E-state index in [4.69, 9.17) is 0 Å². The molecule has 0 bridgehead atoms. The van der Waals surface area contributed by atoms with E-state index in [0.29, 0.717) is 0 Å². The standard InChI is InChI=1S/C17H30N2/c1-2-3-4-5-6-7-8-9-10-11-12-13-15-19-16-14-18-17-19/h13-17H,2-12H2,1H3. The summed E-state index contributed by atoms with van der Waals surface area (Å²) in [6.45, 7) is 2.28. The Labute approximate surface area is 118 Å². The van der Waals surface area contributed by atoms with Crippen LogP contribution in [0.15, 0.2) is 24.8 Å². The molecule has 0 N–H and O–H groups in total. The molecule has 0 aliphatic carbocycles. The molecule has 0 aromatic carbocycles. The Morgan fingerprint density at radius 2 is 1.53 bits per heavy atom. The van der Waals surface area contributed by atoms with Crippen molar-refractivity contribution in [2.24, 2.45) is 0 Å². The fraction of sp³-hybridized carbons (Fsp3) is 0.706. The fourth-order valence-corrected chi connectivity index (χ4v) is 2.30. The van der Waals surface area contributed by atoms with E-state index in [-0.39, 0.29) is 0 Å². The van der Waals surface area contributed by atoms with Gasteiger partial charge in [-0.05, 0) is 12.8 Å². The fourth-order valence-electron chi connectivity index (χ4n) is 2.30. The second-order valence-corrected chi connectivity index (χ2v) is 5.37. The van der Waals surface area contributed by atoms with Gasteiger partial charge in [-0.2, -0.15) is 0 Å². The maximum absolute atomic E-state index is 4.01. The lowest BCUT2D eigenvalue weighted by molar-refractivity contribution is 0.558. The van der Waals surface area contributed by atoms with Gasteiger partial charge in [0.05, 0.1) is 6.33 Å². The summed E-state index contributed by atoms with van der Waals surface area (Å²) < 4.78 is 2.00. The van der Waals surface area contributed by atoms with Gasteiger partial charge < -0.3 is 4.57 Å². The molecular weight excluding hydrogens is 232 g/mol. The molecule has 1 aromatic rings. The molecule has 0 unspecified atom stereocenters. The molecule has 1 aromatic heterocycles. The molecule has 0 amide bonds. The number of nitrogens with zero attached hydrogens (tertiary/aromatic N) is 2. The molecule has 1 rings (SSSR count). The van der Waals surface area contributed by atoms with Crippen molar-refractivity contribution in [2.45, 2.75) is 77.6 Å². The first-order valence-corrected chi connectivity index (χ1v) is 8.07. The minimum absolute atomic E-state index is 1.19. The summed E-state index contributed by atoms with van der Waals surface area (Å²) in [4.78, 5) is 4.01. The van der Waals surface area contributed by atoms with Gasteiger partial charge in [0, 0.05) is 18.6 Å². The molecule has 0 saturated carbocycles. The molecule has 0 atom stereocenters. The summed E-state index contributed by atoms with van der Waals surface area (Å²) in [5, 5.41) is 0. The van der Waals surface area contributed by atoms with Crippen molar-refractivity contribution >= 4 is 6.20 Å². The quantitative estimate of drug-likeness (QED) is 0.444. The first-order valence-electron chi connectivity index (χ1n) is 8.07. The monoisotopic (exact) mass is 262 g/mol. The van der Waals surface area contributed by atoms with Crippen molar-refractivity contribution in [1.29, 1.82) is 0 Å². The van der Waals surface area contributed by atoms with Gasteiger partial charge in [0.25, 0.3) is 0 Å². The van der Waals surface area contributed by atoms with Gasteiger partial charge in [0.1, 0.15) is 0 Å². The van der Waals surface area contributed by atoms with Crippen LogP contribution in [0.2, 0.25) is 0 Å². The number of aromatic nitrogens is 2. The summed E-state index contributed by atoms with van der Waals surface area (Å²) in [5.74, 6) is 0. The van der Waals surface area contributed by atoms with Crippen molar-refractivity contribution in [3.63, 3.8) is 0 Å². The Bertz CT molecular complexity index is 301. The third-order valence-electron chi connectivity index (χ3n) is 3.53. The predicted octanol–water partition coefficient (Wildman–Crippen LogP) is 5.66. The van der Waals surface area contributed by atoms with Crippen LogP contribution in [0, 0.1) is 0 Å². The number of unbranched alkanes of at least 4 members (excludes halogenated alkanes) is 10. The Balaban J connectivity index is 1.79. The van der Waals surface area contributed by atoms with Crippen molar-refractivity contribution < 1.29 is 0 Å². The van der Waals surface area contributed by atoms with E-state index in [1.54, 1.807) is 0 Å². The number of hydrogen-bond donors (Lipinski definition) is 0. The molecule has 0 aliphatic rings. The van der Waals surface area contributed by atoms with Gasteiger partial charge >= 0.3 is 0 Å². The van der Waals surface area contributed by atoms with Crippen LogP contribution in [0.5, 0.6) is 0 Å². The van der Waals surface area contributed by atoms with Crippen LogP contribution in [-0.2, 0) is 0 Å². The third kappa shape index (κ3) is 9.52. The third-order valence-corrected chi connectivity index (χ3v) is 3.53. The van der Waals surface area contributed by atoms with Crippen molar-refractivity contribution in [2.75, 3.05) is 0 Å². The van der Waals surface area contributed by atoms with E-state index in [0.717, 1.165) is 0 Å². The second kappa shape index (κ2) is 12.0. The van der Waals surface area contributed by atoms with Gasteiger partial charge in [0.15, 0.2) is 0 Å². The molecule has 0 spiro atoms. The van der Waals surface area contributed by atoms with Gasteiger partial charge in [0.2, 0.25) is 0 Å². The lowest BCUT2D eigenvalue weighted by Gasteiger charge is -2.01. The minimum atomic E-state index is 1.19. The first-order chi connectivity index (χ1) is 9.43. The smallest absolute Gasteiger partial charge is 0.0986 e. The highest BCUT2D eigenvalue weighted by Gasteiger charge is 1.91. The molecule has 0 radical (unpaired) electrons. The maximum Gasteiger partial charge on any atom is 0.0986 e. The van der Waals surface area contributed by atoms with Crippen LogP contribution in [0.4, 0.5) is 0 Å². The predicted molar refractivity (Wildman–Crippen MR) is 84.0 cm³/mol. The Kier molecular flexibility index (Phi) is 10.1. The van der Waals surface area contributed by atoms with E-state index in [1.165, 1.54) is 70.6 Å². The summed E-state index contributed by atoms with van der Waals surface area (Å²) >= 11 is 0. The molecule has 0 fully saturated rings. The first kappa shape index (κ1) is 16.0. The van der Waals surface area contributed by atoms with Crippen LogP contribution in [0.25, 0.3) is 6.20 Å². The van der Waals surface area contributed by atoms with Crippen LogP contribution in [-0.4, -0.2) is 9.55 Å². The molecule has 2 nitrogen and oxygen atoms in total. The number of imidazole rings is 1. The molecule has 2 heteroatoms. The summed E-state index contributed by atoms with van der Waals surface area (Å²) in [5.41, 5.74) is 0. The van der Waals surface area contributed by atoms with Crippen LogP contribution >= 0.6 is 0 Å². The van der Waals surface area contributed by atoms with Gasteiger partial charge in [-0.25, -0.2) is 4.98 Å². The number of hydrogen-bond acceptors (Lipinski definition) is 1. The van der Waals surface area contributed by atoms with Gasteiger partial charge in [-0.15, -0.1) is 0 Å². The molecule has 0 aliphatic heterocycles. The van der Waals surface area contributed by atoms with E-state index in [9.17, 15) is 0 Å². The molecule has 19 heavy (non-hydrogen) atoms. The number of rotatable bonds is 12. The lowest BCUT2D eigenvalue weighted by atomic mass is 10.1. The summed E-state index contributed by atoms with van der Waals surface area (Å²) in [7, 11) is 0. The highest BCUT2D eigenvalue weighted by Crippen LogP contribution is 2.11. The van der Waals surface area contributed by atoms with Crippen molar-refractivity contribution in [1.82, 2.24) is 9.55 Å². The maximum atomic E-state index is 4.01. The largest absolute Gasteiger partial charge is 0.313 e. The van der Waals surface area contributed by atoms with Gasteiger partial charge in [-0.3, -0.25) is 0 Å². The Morgan fingerprint density at radius 3 is 2.11 bits per heavy atom. The Hall–Kier alpha value is -1.05. The SMILES string of the molecule is CCCCCCCCCCCCC=Cn1ccnc1. The zero-order valence-electron chi connectivity index (χ0n) is 12.6. The van der Waals surface area contributed by atoms with E-state index in [2.05, 4.69) is 24.2 Å². The molecular formula is C17H30N2. The van der Waals surface area contributed by atoms with Crippen LogP contribution in [0.1, 0.15) is 77.6 Å². The number of allylic oxidation sites excluding steroid dienone is 1. The van der Waals surface area contributed by atoms with Crippen LogP contribution in [0.3, 0.4) is 0 Å². The molecule has 0 saturated heterocycles. The second-order valence-electron chi connectivity index (χ2n) is 5.37. The van der Waals surface area contributed by atoms with E-state index >= 15 is 0 Å². The zero-order valence-corrected chi connectivity index (χ0v) is 12.6. The molecule has 108 valence electrons. The topological polar surface area (TPSA) is 17.8 Å². The summed E-state index contributed by atoms with van der Waals surface area (Å²) in [6.07, 6.45) is 25.2. The van der Waals surface area contributed by atoms with Gasteiger partial charge in [-0.1, -0.05) is 70.8 Å². The average molecular weight is 262 g/mol. The normalized spacial score (nSPS) is 11.4. The van der Waals surface area contributed by atoms with Crippen molar-refractivity contribution in [3.8, 4) is 0 Å². The van der Waals surface area contributed by atoms with Crippen LogP contribution < -0.4 is 0 Å². The highest BCUT2D eigenvalue weighted by molar-refractivity contribution is 5.20. The highest BCUT2D eigenvalue weighted by atomic mass is 15.0. The Morgan fingerprint density at radius 1 is 0.895 bits per heavy atom.